The largest absolute Gasteiger partial charge is 0.496 e. The molecule has 0 radical (unpaired) electrons. The molecule has 5 rings (SSSR count). The fourth-order valence-corrected chi connectivity index (χ4v) is 5.19. The SMILES string of the molecule is COc1c(/C(C)=C/C(=O)N2CCN(c3cccc(C)c3)CC2)cc2c(-c3ccc(C)cc3)coc2c1C. The number of hydrogen-bond acceptors (Lipinski definition) is 4. The average molecular weight is 495 g/mol. The van der Waals surface area contributed by atoms with Crippen LogP contribution >= 0.6 is 0 Å². The fourth-order valence-electron chi connectivity index (χ4n) is 5.19. The number of methoxy groups -OCH3 is 1. The number of anilines is 1. The molecular weight excluding hydrogens is 460 g/mol. The van der Waals surface area contributed by atoms with Gasteiger partial charge in [0.2, 0.25) is 5.91 Å². The molecule has 1 fully saturated rings. The van der Waals surface area contributed by atoms with Crippen LogP contribution in [0.1, 0.15) is 29.2 Å². The molecular formula is C32H34N2O3. The van der Waals surface area contributed by atoms with Crippen LogP contribution < -0.4 is 9.64 Å². The van der Waals surface area contributed by atoms with E-state index in [4.69, 9.17) is 9.15 Å². The van der Waals surface area contributed by atoms with Crippen LogP contribution in [0, 0.1) is 20.8 Å². The summed E-state index contributed by atoms with van der Waals surface area (Å²) in [4.78, 5) is 17.5. The predicted molar refractivity (Wildman–Crippen MR) is 151 cm³/mol. The first-order valence-electron chi connectivity index (χ1n) is 12.8. The monoisotopic (exact) mass is 494 g/mol. The van der Waals surface area contributed by atoms with E-state index in [1.54, 1.807) is 13.2 Å². The molecule has 37 heavy (non-hydrogen) atoms. The number of rotatable bonds is 5. The van der Waals surface area contributed by atoms with Gasteiger partial charge in [0.1, 0.15) is 11.3 Å². The lowest BCUT2D eigenvalue weighted by Gasteiger charge is -2.36. The van der Waals surface area contributed by atoms with Gasteiger partial charge in [-0.25, -0.2) is 0 Å². The smallest absolute Gasteiger partial charge is 0.246 e. The lowest BCUT2D eigenvalue weighted by atomic mass is 9.96. The van der Waals surface area contributed by atoms with Crippen LogP contribution in [-0.2, 0) is 4.79 Å². The lowest BCUT2D eigenvalue weighted by Crippen LogP contribution is -2.48. The molecule has 1 aliphatic rings. The van der Waals surface area contributed by atoms with Gasteiger partial charge in [0.15, 0.2) is 0 Å². The third kappa shape index (κ3) is 4.86. The van der Waals surface area contributed by atoms with Crippen molar-refractivity contribution in [2.24, 2.45) is 0 Å². The van der Waals surface area contributed by atoms with Gasteiger partial charge >= 0.3 is 0 Å². The minimum Gasteiger partial charge on any atom is -0.496 e. The van der Waals surface area contributed by atoms with E-state index in [2.05, 4.69) is 73.3 Å². The van der Waals surface area contributed by atoms with Crippen molar-refractivity contribution < 1.29 is 13.9 Å². The molecule has 3 aromatic carbocycles. The van der Waals surface area contributed by atoms with Crippen molar-refractivity contribution in [2.45, 2.75) is 27.7 Å². The predicted octanol–water partition coefficient (Wildman–Crippen LogP) is 6.79. The van der Waals surface area contributed by atoms with Crippen molar-refractivity contribution >= 4 is 28.1 Å². The first-order valence-corrected chi connectivity index (χ1v) is 12.8. The zero-order valence-corrected chi connectivity index (χ0v) is 22.3. The summed E-state index contributed by atoms with van der Waals surface area (Å²) < 4.78 is 11.8. The molecule has 0 bridgehead atoms. The first kappa shape index (κ1) is 24.7. The number of carbonyl (C=O) groups excluding carboxylic acids is 1. The number of benzene rings is 3. The van der Waals surface area contributed by atoms with E-state index in [-0.39, 0.29) is 5.91 Å². The van der Waals surface area contributed by atoms with Crippen molar-refractivity contribution in [3.05, 3.63) is 89.2 Å². The maximum Gasteiger partial charge on any atom is 0.246 e. The minimum atomic E-state index is 0.0344. The number of carbonyl (C=O) groups is 1. The van der Waals surface area contributed by atoms with Gasteiger partial charge in [0.25, 0.3) is 0 Å². The summed E-state index contributed by atoms with van der Waals surface area (Å²) in [6.07, 6.45) is 3.56. The molecule has 2 heterocycles. The Bertz CT molecular complexity index is 1470. The van der Waals surface area contributed by atoms with Crippen LogP contribution in [0.2, 0.25) is 0 Å². The van der Waals surface area contributed by atoms with E-state index < -0.39 is 0 Å². The summed E-state index contributed by atoms with van der Waals surface area (Å²) in [6, 6.07) is 19.1. The summed E-state index contributed by atoms with van der Waals surface area (Å²) in [6.45, 7) is 11.2. The van der Waals surface area contributed by atoms with Gasteiger partial charge in [0.05, 0.1) is 13.4 Å². The van der Waals surface area contributed by atoms with Gasteiger partial charge in [-0.15, -0.1) is 0 Å². The van der Waals surface area contributed by atoms with Crippen LogP contribution in [0.4, 0.5) is 5.69 Å². The number of fused-ring (bicyclic) bond motifs is 1. The van der Waals surface area contributed by atoms with Crippen LogP contribution in [0.15, 0.2) is 71.4 Å². The molecule has 0 saturated carbocycles. The van der Waals surface area contributed by atoms with Crippen molar-refractivity contribution in [2.75, 3.05) is 38.2 Å². The summed E-state index contributed by atoms with van der Waals surface area (Å²) in [5, 5.41) is 1.02. The normalized spacial score (nSPS) is 14.4. The number of allylic oxidation sites excluding steroid dienone is 1. The average Bonchev–Trinajstić information content (AvgIpc) is 3.33. The van der Waals surface area contributed by atoms with Gasteiger partial charge in [0, 0.05) is 60.0 Å². The van der Waals surface area contributed by atoms with Gasteiger partial charge in [-0.1, -0.05) is 42.0 Å². The number of piperazine rings is 1. The molecule has 1 aromatic heterocycles. The highest BCUT2D eigenvalue weighted by molar-refractivity contribution is 6.01. The van der Waals surface area contributed by atoms with Crippen molar-refractivity contribution in [3.63, 3.8) is 0 Å². The molecule has 5 heteroatoms. The van der Waals surface area contributed by atoms with E-state index in [9.17, 15) is 4.79 Å². The summed E-state index contributed by atoms with van der Waals surface area (Å²) in [7, 11) is 1.67. The maximum absolute atomic E-state index is 13.3. The Labute approximate surface area is 219 Å². The van der Waals surface area contributed by atoms with Crippen LogP contribution in [-0.4, -0.2) is 44.1 Å². The summed E-state index contributed by atoms with van der Waals surface area (Å²) in [5.41, 5.74) is 9.35. The van der Waals surface area contributed by atoms with E-state index >= 15 is 0 Å². The molecule has 0 unspecified atom stereocenters. The van der Waals surface area contributed by atoms with Gasteiger partial charge in [-0.3, -0.25) is 4.79 Å². The van der Waals surface area contributed by atoms with Gasteiger partial charge < -0.3 is 19.0 Å². The summed E-state index contributed by atoms with van der Waals surface area (Å²) in [5.74, 6) is 0.773. The van der Waals surface area contributed by atoms with Crippen molar-refractivity contribution in [1.29, 1.82) is 0 Å². The molecule has 0 N–H and O–H groups in total. The number of amides is 1. The molecule has 0 atom stereocenters. The standard InChI is InChI=1S/C32H34N2O3/c1-21-9-11-25(12-10-21)29-20-37-32-24(4)31(36-5)27(19-28(29)32)23(3)18-30(35)34-15-13-33(14-16-34)26-8-6-7-22(2)17-26/h6-12,17-20H,13-16H2,1-5H3/b23-18+. The van der Waals surface area contributed by atoms with Crippen LogP contribution in [0.3, 0.4) is 0 Å². The maximum atomic E-state index is 13.3. The number of aryl methyl sites for hydroxylation is 3. The molecule has 1 saturated heterocycles. The molecule has 0 spiro atoms. The Balaban J connectivity index is 1.41. The molecule has 1 amide bonds. The van der Waals surface area contributed by atoms with Crippen molar-refractivity contribution in [3.8, 4) is 16.9 Å². The molecule has 0 aliphatic carbocycles. The van der Waals surface area contributed by atoms with E-state index in [1.165, 1.54) is 16.8 Å². The Hall–Kier alpha value is -3.99. The Morgan fingerprint density at radius 3 is 2.35 bits per heavy atom. The van der Waals surface area contributed by atoms with Gasteiger partial charge in [-0.05, 0) is 62.6 Å². The number of ether oxygens (including phenoxy) is 1. The van der Waals surface area contributed by atoms with E-state index in [0.717, 1.165) is 57.6 Å². The number of nitrogens with zero attached hydrogens (tertiary/aromatic N) is 2. The van der Waals surface area contributed by atoms with E-state index in [1.807, 2.05) is 25.0 Å². The zero-order valence-electron chi connectivity index (χ0n) is 22.3. The summed E-state index contributed by atoms with van der Waals surface area (Å²) >= 11 is 0. The number of furan rings is 1. The lowest BCUT2D eigenvalue weighted by molar-refractivity contribution is -0.126. The third-order valence-electron chi connectivity index (χ3n) is 7.33. The van der Waals surface area contributed by atoms with E-state index in [0.29, 0.717) is 13.1 Å². The second-order valence-electron chi connectivity index (χ2n) is 9.95. The molecule has 1 aliphatic heterocycles. The molecule has 5 nitrogen and oxygen atoms in total. The number of hydrogen-bond donors (Lipinski definition) is 0. The van der Waals surface area contributed by atoms with Crippen LogP contribution in [0.25, 0.3) is 27.7 Å². The quantitative estimate of drug-likeness (QED) is 0.287. The Kier molecular flexibility index (Phi) is 6.79. The highest BCUT2D eigenvalue weighted by Gasteiger charge is 2.22. The van der Waals surface area contributed by atoms with Crippen LogP contribution in [0.5, 0.6) is 5.75 Å². The molecule has 4 aromatic rings. The second-order valence-corrected chi connectivity index (χ2v) is 9.95. The highest BCUT2D eigenvalue weighted by atomic mass is 16.5. The Morgan fingerprint density at radius 2 is 1.68 bits per heavy atom. The van der Waals surface area contributed by atoms with Crippen molar-refractivity contribution in [1.82, 2.24) is 4.90 Å². The molecule has 190 valence electrons. The Morgan fingerprint density at radius 1 is 0.946 bits per heavy atom. The topological polar surface area (TPSA) is 45.9 Å². The second kappa shape index (κ2) is 10.2. The van der Waals surface area contributed by atoms with Gasteiger partial charge in [-0.2, -0.15) is 0 Å². The third-order valence-corrected chi connectivity index (χ3v) is 7.33. The first-order chi connectivity index (χ1) is 17.9. The zero-order chi connectivity index (χ0) is 26.1. The fraction of sp³-hybridized carbons (Fsp3) is 0.281. The minimum absolute atomic E-state index is 0.0344. The highest BCUT2D eigenvalue weighted by Crippen LogP contribution is 2.40.